The van der Waals surface area contributed by atoms with Crippen LogP contribution < -0.4 is 10.6 Å². The number of halogens is 2. The van der Waals surface area contributed by atoms with Crippen LogP contribution in [0.1, 0.15) is 22.3 Å². The second-order valence-electron chi connectivity index (χ2n) is 4.31. The summed E-state index contributed by atoms with van der Waals surface area (Å²) in [6.45, 7) is 4.52. The Morgan fingerprint density at radius 1 is 1.43 bits per heavy atom. The molecular weight excluding hydrogens is 349 g/mol. The summed E-state index contributed by atoms with van der Waals surface area (Å²) in [5.74, 6) is -0.0418. The first kappa shape index (κ1) is 20.3. The van der Waals surface area contributed by atoms with E-state index >= 15 is 0 Å². The fourth-order valence-electron chi connectivity index (χ4n) is 1.54. The summed E-state index contributed by atoms with van der Waals surface area (Å²) in [4.78, 5) is 18.4. The van der Waals surface area contributed by atoms with Gasteiger partial charge in [0.05, 0.1) is 10.6 Å². The van der Waals surface area contributed by atoms with Gasteiger partial charge in [-0.15, -0.1) is 47.5 Å². The van der Waals surface area contributed by atoms with E-state index in [0.717, 1.165) is 15.6 Å². The zero-order valence-corrected chi connectivity index (χ0v) is 15.3. The quantitative estimate of drug-likeness (QED) is 0.851. The van der Waals surface area contributed by atoms with Gasteiger partial charge in [-0.25, -0.2) is 4.98 Å². The molecule has 2 aromatic rings. The molecule has 21 heavy (non-hydrogen) atoms. The predicted molar refractivity (Wildman–Crippen MR) is 95.5 cm³/mol. The first-order valence-electron chi connectivity index (χ1n) is 6.08. The summed E-state index contributed by atoms with van der Waals surface area (Å²) in [6.07, 6.45) is 0. The van der Waals surface area contributed by atoms with Gasteiger partial charge in [0.25, 0.3) is 5.91 Å². The van der Waals surface area contributed by atoms with Crippen molar-refractivity contribution in [1.29, 1.82) is 0 Å². The lowest BCUT2D eigenvalue weighted by Gasteiger charge is -2.10. The molecule has 0 spiro atoms. The molecular formula is C13H19Cl2N3OS2. The van der Waals surface area contributed by atoms with E-state index in [9.17, 15) is 4.79 Å². The summed E-state index contributed by atoms with van der Waals surface area (Å²) in [5.41, 5.74) is 0.794. The third-order valence-electron chi connectivity index (χ3n) is 2.80. The molecule has 0 fully saturated rings. The number of likely N-dealkylation sites (N-methyl/N-ethyl adjacent to an activating group) is 1. The van der Waals surface area contributed by atoms with Crippen LogP contribution in [0.2, 0.25) is 0 Å². The molecule has 0 bridgehead atoms. The van der Waals surface area contributed by atoms with Crippen molar-refractivity contribution in [3.05, 3.63) is 28.1 Å². The lowest BCUT2D eigenvalue weighted by atomic mass is 10.3. The van der Waals surface area contributed by atoms with Crippen LogP contribution in [0.25, 0.3) is 9.88 Å². The minimum atomic E-state index is -0.0418. The van der Waals surface area contributed by atoms with Crippen LogP contribution in [0.4, 0.5) is 0 Å². The van der Waals surface area contributed by atoms with Gasteiger partial charge in [-0.05, 0) is 32.3 Å². The Morgan fingerprint density at radius 3 is 2.71 bits per heavy atom. The number of rotatable bonds is 5. The minimum absolute atomic E-state index is 0. The Labute approximate surface area is 145 Å². The average Bonchev–Trinajstić information content (AvgIpc) is 3.04. The van der Waals surface area contributed by atoms with E-state index in [4.69, 9.17) is 0 Å². The highest BCUT2D eigenvalue weighted by Crippen LogP contribution is 2.30. The van der Waals surface area contributed by atoms with E-state index in [0.29, 0.717) is 11.4 Å². The smallest absolute Gasteiger partial charge is 0.263 e. The Kier molecular flexibility index (Phi) is 9.08. The van der Waals surface area contributed by atoms with Crippen molar-refractivity contribution < 1.29 is 4.79 Å². The SMILES string of the molecule is CNC(C)CNC(=O)c1sc(-c2cccs2)nc1C.Cl.Cl. The van der Waals surface area contributed by atoms with Gasteiger partial charge in [0.15, 0.2) is 0 Å². The zero-order valence-electron chi connectivity index (χ0n) is 12.0. The number of carbonyl (C=O) groups is 1. The Balaban J connectivity index is 0.00000200. The first-order chi connectivity index (χ1) is 9.11. The number of thiazole rings is 1. The fourth-order valence-corrected chi connectivity index (χ4v) is 3.32. The second-order valence-corrected chi connectivity index (χ2v) is 6.26. The third kappa shape index (κ3) is 5.23. The van der Waals surface area contributed by atoms with E-state index in [1.54, 1.807) is 11.3 Å². The third-order valence-corrected chi connectivity index (χ3v) is 4.99. The van der Waals surface area contributed by atoms with E-state index in [2.05, 4.69) is 15.6 Å². The summed E-state index contributed by atoms with van der Waals surface area (Å²) in [6, 6.07) is 4.27. The van der Waals surface area contributed by atoms with Gasteiger partial charge in [-0.1, -0.05) is 6.07 Å². The van der Waals surface area contributed by atoms with Crippen LogP contribution in [0.5, 0.6) is 0 Å². The van der Waals surface area contributed by atoms with Crippen molar-refractivity contribution >= 4 is 53.4 Å². The topological polar surface area (TPSA) is 54.0 Å². The number of nitrogens with one attached hydrogen (secondary N) is 2. The molecule has 0 aliphatic rings. The fraction of sp³-hybridized carbons (Fsp3) is 0.385. The van der Waals surface area contributed by atoms with Gasteiger partial charge in [0.1, 0.15) is 9.88 Å². The van der Waals surface area contributed by atoms with E-state index < -0.39 is 0 Å². The van der Waals surface area contributed by atoms with Gasteiger partial charge in [0.2, 0.25) is 0 Å². The van der Waals surface area contributed by atoms with Crippen molar-refractivity contribution in [2.75, 3.05) is 13.6 Å². The van der Waals surface area contributed by atoms with Crippen LogP contribution in [-0.2, 0) is 0 Å². The molecule has 1 atom stereocenters. The number of hydrogen-bond acceptors (Lipinski definition) is 5. The molecule has 2 aromatic heterocycles. The van der Waals surface area contributed by atoms with Gasteiger partial charge in [0, 0.05) is 12.6 Å². The Bertz CT molecular complexity index is 558. The highest BCUT2D eigenvalue weighted by Gasteiger charge is 2.16. The molecule has 2 N–H and O–H groups in total. The van der Waals surface area contributed by atoms with Crippen molar-refractivity contribution in [2.45, 2.75) is 19.9 Å². The standard InChI is InChI=1S/C13H17N3OS2.2ClH/c1-8(14-3)7-15-12(17)11-9(2)16-13(19-11)10-5-4-6-18-10;;/h4-6,8,14H,7H2,1-3H3,(H,15,17);2*1H. The first-order valence-corrected chi connectivity index (χ1v) is 7.78. The number of carbonyl (C=O) groups excluding carboxylic acids is 1. The normalized spacial score (nSPS) is 11.2. The summed E-state index contributed by atoms with van der Waals surface area (Å²) in [5, 5.41) is 8.94. The van der Waals surface area contributed by atoms with Crippen LogP contribution in [0.3, 0.4) is 0 Å². The van der Waals surface area contributed by atoms with Crippen molar-refractivity contribution in [3.8, 4) is 9.88 Å². The van der Waals surface area contributed by atoms with Crippen LogP contribution >= 0.6 is 47.5 Å². The molecule has 2 rings (SSSR count). The number of amides is 1. The molecule has 2 heterocycles. The zero-order chi connectivity index (χ0) is 13.8. The molecule has 8 heteroatoms. The van der Waals surface area contributed by atoms with Crippen molar-refractivity contribution in [3.63, 3.8) is 0 Å². The number of aryl methyl sites for hydroxylation is 1. The Morgan fingerprint density at radius 2 is 2.14 bits per heavy atom. The molecule has 0 saturated heterocycles. The van der Waals surface area contributed by atoms with Gasteiger partial charge in [-0.2, -0.15) is 0 Å². The highest BCUT2D eigenvalue weighted by atomic mass is 35.5. The number of hydrogen-bond donors (Lipinski definition) is 2. The molecule has 0 aliphatic carbocycles. The van der Waals surface area contributed by atoms with E-state index in [-0.39, 0.29) is 36.8 Å². The predicted octanol–water partition coefficient (Wildman–Crippen LogP) is 3.36. The maximum Gasteiger partial charge on any atom is 0.263 e. The van der Waals surface area contributed by atoms with Gasteiger partial charge in [-0.3, -0.25) is 4.79 Å². The van der Waals surface area contributed by atoms with Crippen LogP contribution in [0, 0.1) is 6.92 Å². The second kappa shape index (κ2) is 9.38. The van der Waals surface area contributed by atoms with Gasteiger partial charge < -0.3 is 10.6 Å². The van der Waals surface area contributed by atoms with Crippen molar-refractivity contribution in [1.82, 2.24) is 15.6 Å². The molecule has 0 aromatic carbocycles. The molecule has 4 nitrogen and oxygen atoms in total. The number of aromatic nitrogens is 1. The monoisotopic (exact) mass is 367 g/mol. The van der Waals surface area contributed by atoms with Gasteiger partial charge >= 0.3 is 0 Å². The summed E-state index contributed by atoms with van der Waals surface area (Å²) >= 11 is 3.09. The molecule has 1 unspecified atom stereocenters. The van der Waals surface area contributed by atoms with E-state index in [1.165, 1.54) is 11.3 Å². The summed E-state index contributed by atoms with van der Waals surface area (Å²) in [7, 11) is 1.88. The van der Waals surface area contributed by atoms with E-state index in [1.807, 2.05) is 38.4 Å². The Hall–Kier alpha value is -0.660. The molecule has 0 radical (unpaired) electrons. The molecule has 118 valence electrons. The number of nitrogens with zero attached hydrogens (tertiary/aromatic N) is 1. The van der Waals surface area contributed by atoms with Crippen LogP contribution in [0.15, 0.2) is 17.5 Å². The summed E-state index contributed by atoms with van der Waals surface area (Å²) < 4.78 is 0. The highest BCUT2D eigenvalue weighted by molar-refractivity contribution is 7.22. The maximum absolute atomic E-state index is 12.1. The molecule has 1 amide bonds. The van der Waals surface area contributed by atoms with Crippen LogP contribution in [-0.4, -0.2) is 30.5 Å². The lowest BCUT2D eigenvalue weighted by Crippen LogP contribution is -2.37. The number of thiophene rings is 1. The maximum atomic E-state index is 12.1. The molecule has 0 aliphatic heterocycles. The average molecular weight is 368 g/mol. The largest absolute Gasteiger partial charge is 0.350 e. The minimum Gasteiger partial charge on any atom is -0.350 e. The molecule has 0 saturated carbocycles. The lowest BCUT2D eigenvalue weighted by molar-refractivity contribution is 0.0954. The van der Waals surface area contributed by atoms with Crippen molar-refractivity contribution in [2.24, 2.45) is 0 Å².